The summed E-state index contributed by atoms with van der Waals surface area (Å²) in [5, 5.41) is 0. The molecule has 2 unspecified atom stereocenters. The smallest absolute Gasteiger partial charge is 0.0352 e. The SMILES string of the molecule is Cc1cccc(N)c1C1CC1C. The lowest BCUT2D eigenvalue weighted by Crippen LogP contribution is -1.95. The molecule has 2 atom stereocenters. The van der Waals surface area contributed by atoms with Crippen LogP contribution in [0.2, 0.25) is 0 Å². The van der Waals surface area contributed by atoms with E-state index in [2.05, 4.69) is 19.9 Å². The van der Waals surface area contributed by atoms with Gasteiger partial charge in [0.25, 0.3) is 0 Å². The third kappa shape index (κ3) is 1.09. The molecule has 0 heterocycles. The Hall–Kier alpha value is -0.980. The molecule has 0 radical (unpaired) electrons. The molecule has 1 aromatic carbocycles. The summed E-state index contributed by atoms with van der Waals surface area (Å²) >= 11 is 0. The molecule has 0 bridgehead atoms. The van der Waals surface area contributed by atoms with Crippen molar-refractivity contribution in [2.75, 3.05) is 5.73 Å². The van der Waals surface area contributed by atoms with Gasteiger partial charge in [-0.2, -0.15) is 0 Å². The minimum atomic E-state index is 0.742. The fourth-order valence-corrected chi connectivity index (χ4v) is 1.93. The molecular formula is C11H15N. The van der Waals surface area contributed by atoms with Gasteiger partial charge in [-0.15, -0.1) is 0 Å². The minimum absolute atomic E-state index is 0.742. The highest BCUT2D eigenvalue weighted by Crippen LogP contribution is 2.49. The average molecular weight is 161 g/mol. The Balaban J connectivity index is 2.41. The van der Waals surface area contributed by atoms with Gasteiger partial charge >= 0.3 is 0 Å². The predicted octanol–water partition coefficient (Wildman–Crippen LogP) is 2.70. The summed E-state index contributed by atoms with van der Waals surface area (Å²) in [5.41, 5.74) is 9.65. The van der Waals surface area contributed by atoms with Gasteiger partial charge in [0.1, 0.15) is 0 Å². The van der Waals surface area contributed by atoms with Crippen molar-refractivity contribution >= 4 is 5.69 Å². The molecule has 1 fully saturated rings. The Morgan fingerprint density at radius 2 is 2.08 bits per heavy atom. The Kier molecular flexibility index (Phi) is 1.60. The van der Waals surface area contributed by atoms with Gasteiger partial charge in [0.15, 0.2) is 0 Å². The van der Waals surface area contributed by atoms with E-state index in [9.17, 15) is 0 Å². The molecule has 1 heteroatoms. The van der Waals surface area contributed by atoms with Gasteiger partial charge < -0.3 is 5.73 Å². The maximum Gasteiger partial charge on any atom is 0.0352 e. The first-order valence-corrected chi connectivity index (χ1v) is 4.55. The van der Waals surface area contributed by atoms with Crippen LogP contribution < -0.4 is 5.73 Å². The van der Waals surface area contributed by atoms with Crippen molar-refractivity contribution in [1.29, 1.82) is 0 Å². The summed E-state index contributed by atoms with van der Waals surface area (Å²) in [7, 11) is 0. The number of anilines is 1. The van der Waals surface area contributed by atoms with Gasteiger partial charge in [0.2, 0.25) is 0 Å². The molecule has 0 amide bonds. The summed E-state index contributed by atoms with van der Waals surface area (Å²) in [4.78, 5) is 0. The third-order valence-corrected chi connectivity index (χ3v) is 2.84. The predicted molar refractivity (Wildman–Crippen MR) is 52.1 cm³/mol. The van der Waals surface area contributed by atoms with Crippen LogP contribution in [0.15, 0.2) is 18.2 Å². The molecule has 12 heavy (non-hydrogen) atoms. The highest BCUT2D eigenvalue weighted by molar-refractivity contribution is 5.54. The second kappa shape index (κ2) is 2.51. The van der Waals surface area contributed by atoms with Crippen molar-refractivity contribution in [3.8, 4) is 0 Å². The van der Waals surface area contributed by atoms with E-state index in [1.165, 1.54) is 17.5 Å². The second-order valence-electron chi connectivity index (χ2n) is 3.90. The summed E-state index contributed by atoms with van der Waals surface area (Å²) < 4.78 is 0. The van der Waals surface area contributed by atoms with E-state index in [1.54, 1.807) is 0 Å². The molecule has 0 aliphatic heterocycles. The van der Waals surface area contributed by atoms with Crippen molar-refractivity contribution in [3.05, 3.63) is 29.3 Å². The zero-order valence-corrected chi connectivity index (χ0v) is 7.67. The fourth-order valence-electron chi connectivity index (χ4n) is 1.93. The van der Waals surface area contributed by atoms with Crippen molar-refractivity contribution in [3.63, 3.8) is 0 Å². The van der Waals surface area contributed by atoms with Crippen LogP contribution in [0.5, 0.6) is 0 Å². The first-order valence-electron chi connectivity index (χ1n) is 4.55. The van der Waals surface area contributed by atoms with Crippen LogP contribution >= 0.6 is 0 Å². The van der Waals surface area contributed by atoms with Crippen molar-refractivity contribution < 1.29 is 0 Å². The minimum Gasteiger partial charge on any atom is -0.398 e. The van der Waals surface area contributed by atoms with Crippen molar-refractivity contribution in [2.24, 2.45) is 5.92 Å². The van der Waals surface area contributed by atoms with E-state index < -0.39 is 0 Å². The molecule has 1 nitrogen and oxygen atoms in total. The quantitative estimate of drug-likeness (QED) is 0.630. The second-order valence-corrected chi connectivity index (χ2v) is 3.90. The topological polar surface area (TPSA) is 26.0 Å². The number of rotatable bonds is 1. The lowest BCUT2D eigenvalue weighted by Gasteiger charge is -2.07. The van der Waals surface area contributed by atoms with Crippen LogP contribution in [0.1, 0.15) is 30.4 Å². The van der Waals surface area contributed by atoms with Gasteiger partial charge in [0.05, 0.1) is 0 Å². The van der Waals surface area contributed by atoms with E-state index in [4.69, 9.17) is 5.73 Å². The fraction of sp³-hybridized carbons (Fsp3) is 0.455. The number of benzene rings is 1. The van der Waals surface area contributed by atoms with Crippen molar-refractivity contribution in [2.45, 2.75) is 26.2 Å². The first kappa shape index (κ1) is 7.66. The monoisotopic (exact) mass is 161 g/mol. The van der Waals surface area contributed by atoms with Crippen LogP contribution in [0.4, 0.5) is 5.69 Å². The van der Waals surface area contributed by atoms with E-state index >= 15 is 0 Å². The molecular weight excluding hydrogens is 146 g/mol. The Morgan fingerprint density at radius 1 is 1.42 bits per heavy atom. The van der Waals surface area contributed by atoms with Gasteiger partial charge in [0, 0.05) is 5.69 Å². The molecule has 0 saturated heterocycles. The molecule has 0 aromatic heterocycles. The molecule has 1 aromatic rings. The number of aryl methyl sites for hydroxylation is 1. The van der Waals surface area contributed by atoms with E-state index in [1.807, 2.05) is 12.1 Å². The number of hydrogen-bond donors (Lipinski definition) is 1. The van der Waals surface area contributed by atoms with Crippen LogP contribution in [-0.4, -0.2) is 0 Å². The molecule has 0 spiro atoms. The lowest BCUT2D eigenvalue weighted by atomic mass is 10.0. The van der Waals surface area contributed by atoms with Crippen LogP contribution in [0.25, 0.3) is 0 Å². The number of nitrogen functional groups attached to an aromatic ring is 1. The lowest BCUT2D eigenvalue weighted by molar-refractivity contribution is 0.910. The van der Waals surface area contributed by atoms with E-state index in [-0.39, 0.29) is 0 Å². The average Bonchev–Trinajstić information content (AvgIpc) is 2.67. The molecule has 1 aliphatic rings. The highest BCUT2D eigenvalue weighted by Gasteiger charge is 2.35. The zero-order valence-electron chi connectivity index (χ0n) is 7.67. The van der Waals surface area contributed by atoms with Gasteiger partial charge in [-0.05, 0) is 42.4 Å². The van der Waals surface area contributed by atoms with Gasteiger partial charge in [-0.25, -0.2) is 0 Å². The largest absolute Gasteiger partial charge is 0.398 e. The van der Waals surface area contributed by atoms with E-state index in [0.717, 1.165) is 17.5 Å². The maximum atomic E-state index is 5.92. The maximum absolute atomic E-state index is 5.92. The number of hydrogen-bond acceptors (Lipinski definition) is 1. The van der Waals surface area contributed by atoms with Crippen LogP contribution in [0, 0.1) is 12.8 Å². The molecule has 2 N–H and O–H groups in total. The molecule has 64 valence electrons. The molecule has 2 rings (SSSR count). The van der Waals surface area contributed by atoms with Gasteiger partial charge in [-0.1, -0.05) is 19.1 Å². The Morgan fingerprint density at radius 3 is 2.58 bits per heavy atom. The normalized spacial score (nSPS) is 27.2. The zero-order chi connectivity index (χ0) is 8.72. The molecule has 1 aliphatic carbocycles. The summed E-state index contributed by atoms with van der Waals surface area (Å²) in [6.07, 6.45) is 1.31. The summed E-state index contributed by atoms with van der Waals surface area (Å²) in [6, 6.07) is 6.19. The Bertz CT molecular complexity index is 284. The molecule has 1 saturated carbocycles. The standard InChI is InChI=1S/C11H15N/c1-7-4-3-5-10(12)11(7)9-6-8(9)2/h3-5,8-9H,6,12H2,1-2H3. The van der Waals surface area contributed by atoms with E-state index in [0.29, 0.717) is 0 Å². The summed E-state index contributed by atoms with van der Waals surface area (Å²) in [6.45, 7) is 4.44. The first-order chi connectivity index (χ1) is 5.70. The van der Waals surface area contributed by atoms with Gasteiger partial charge in [-0.3, -0.25) is 0 Å². The summed E-state index contributed by atoms with van der Waals surface area (Å²) in [5.74, 6) is 1.58. The third-order valence-electron chi connectivity index (χ3n) is 2.84. The highest BCUT2D eigenvalue weighted by atomic mass is 14.6. The van der Waals surface area contributed by atoms with Crippen LogP contribution in [-0.2, 0) is 0 Å². The van der Waals surface area contributed by atoms with Crippen molar-refractivity contribution in [1.82, 2.24) is 0 Å². The number of nitrogens with two attached hydrogens (primary N) is 1. The van der Waals surface area contributed by atoms with Crippen LogP contribution in [0.3, 0.4) is 0 Å². The Labute approximate surface area is 73.6 Å².